The number of hydrogen-bond acceptors (Lipinski definition) is 4. The molecule has 1 aromatic carbocycles. The molecule has 0 N–H and O–H groups in total. The van der Waals surface area contributed by atoms with Gasteiger partial charge in [0.1, 0.15) is 17.2 Å². The van der Waals surface area contributed by atoms with Crippen LogP contribution in [-0.4, -0.2) is 23.2 Å². The van der Waals surface area contributed by atoms with Gasteiger partial charge >= 0.3 is 0 Å². The van der Waals surface area contributed by atoms with Gasteiger partial charge in [-0.15, -0.1) is 0 Å². The standard InChI is InChI=1S/C21H30N2O2/c1-3-5-14-24-18-11-9-17(10-12-18)16-23-13-6-8-21(23)20-15-19(7-4-2)25-22-20/h9-12,15,21H,3-8,13-14,16H2,1-2H3. The SMILES string of the molecule is CCCCOc1ccc(CN2CCCC2c2cc(CCC)on2)cc1. The second-order valence-corrected chi connectivity index (χ2v) is 6.94. The van der Waals surface area contributed by atoms with Crippen molar-refractivity contribution in [2.24, 2.45) is 0 Å². The highest BCUT2D eigenvalue weighted by atomic mass is 16.5. The Bertz CT molecular complexity index is 636. The summed E-state index contributed by atoms with van der Waals surface area (Å²) in [5.74, 6) is 1.98. The summed E-state index contributed by atoms with van der Waals surface area (Å²) in [6.45, 7) is 7.22. The van der Waals surface area contributed by atoms with Gasteiger partial charge in [0.25, 0.3) is 0 Å². The zero-order valence-corrected chi connectivity index (χ0v) is 15.5. The fourth-order valence-corrected chi connectivity index (χ4v) is 3.46. The minimum Gasteiger partial charge on any atom is -0.494 e. The van der Waals surface area contributed by atoms with Crippen molar-refractivity contribution in [3.63, 3.8) is 0 Å². The van der Waals surface area contributed by atoms with Gasteiger partial charge in [-0.25, -0.2) is 0 Å². The molecule has 0 radical (unpaired) electrons. The smallest absolute Gasteiger partial charge is 0.137 e. The molecular weight excluding hydrogens is 312 g/mol. The number of aryl methyl sites for hydroxylation is 1. The first-order valence-electron chi connectivity index (χ1n) is 9.71. The van der Waals surface area contributed by atoms with Crippen LogP contribution < -0.4 is 4.74 Å². The van der Waals surface area contributed by atoms with Crippen LogP contribution in [0.25, 0.3) is 0 Å². The van der Waals surface area contributed by atoms with Crippen molar-refractivity contribution < 1.29 is 9.26 Å². The molecule has 4 heteroatoms. The average molecular weight is 342 g/mol. The maximum absolute atomic E-state index is 5.75. The molecule has 0 amide bonds. The van der Waals surface area contributed by atoms with Crippen molar-refractivity contribution >= 4 is 0 Å². The third-order valence-corrected chi connectivity index (χ3v) is 4.85. The van der Waals surface area contributed by atoms with Crippen LogP contribution in [0.2, 0.25) is 0 Å². The Labute approximate surface area is 151 Å². The van der Waals surface area contributed by atoms with E-state index in [1.807, 2.05) is 0 Å². The Kier molecular flexibility index (Phi) is 6.51. The molecule has 0 bridgehead atoms. The van der Waals surface area contributed by atoms with E-state index < -0.39 is 0 Å². The summed E-state index contributed by atoms with van der Waals surface area (Å²) < 4.78 is 11.2. The van der Waals surface area contributed by atoms with E-state index in [4.69, 9.17) is 9.26 Å². The van der Waals surface area contributed by atoms with Crippen LogP contribution in [-0.2, 0) is 13.0 Å². The number of rotatable bonds is 9. The summed E-state index contributed by atoms with van der Waals surface area (Å²) in [4.78, 5) is 2.51. The van der Waals surface area contributed by atoms with E-state index in [0.717, 1.165) is 69.0 Å². The number of hydrogen-bond donors (Lipinski definition) is 0. The number of likely N-dealkylation sites (tertiary alicyclic amines) is 1. The van der Waals surface area contributed by atoms with Crippen LogP contribution in [0.4, 0.5) is 0 Å². The Morgan fingerprint density at radius 1 is 1.20 bits per heavy atom. The molecule has 1 aliphatic rings. The van der Waals surface area contributed by atoms with E-state index in [1.165, 1.54) is 12.0 Å². The Morgan fingerprint density at radius 2 is 2.04 bits per heavy atom. The Balaban J connectivity index is 1.59. The normalized spacial score (nSPS) is 17.9. The summed E-state index contributed by atoms with van der Waals surface area (Å²) in [6, 6.07) is 11.1. The monoisotopic (exact) mass is 342 g/mol. The number of aromatic nitrogens is 1. The first-order chi connectivity index (χ1) is 12.3. The molecule has 1 fully saturated rings. The van der Waals surface area contributed by atoms with Crippen molar-refractivity contribution in [3.8, 4) is 5.75 Å². The van der Waals surface area contributed by atoms with Gasteiger partial charge in [0.05, 0.1) is 12.6 Å². The van der Waals surface area contributed by atoms with E-state index >= 15 is 0 Å². The Hall–Kier alpha value is -1.81. The summed E-state index contributed by atoms with van der Waals surface area (Å²) in [6.07, 6.45) is 6.72. The van der Waals surface area contributed by atoms with Crippen molar-refractivity contribution in [2.45, 2.75) is 65.0 Å². The molecule has 2 heterocycles. The third-order valence-electron chi connectivity index (χ3n) is 4.85. The van der Waals surface area contributed by atoms with E-state index in [-0.39, 0.29) is 0 Å². The zero-order valence-electron chi connectivity index (χ0n) is 15.5. The van der Waals surface area contributed by atoms with Crippen LogP contribution in [0.3, 0.4) is 0 Å². The highest BCUT2D eigenvalue weighted by molar-refractivity contribution is 5.27. The topological polar surface area (TPSA) is 38.5 Å². The number of nitrogens with zero attached hydrogens (tertiary/aromatic N) is 2. The van der Waals surface area contributed by atoms with Crippen molar-refractivity contribution in [3.05, 3.63) is 47.3 Å². The molecule has 1 aromatic heterocycles. The molecule has 1 atom stereocenters. The molecule has 136 valence electrons. The van der Waals surface area contributed by atoms with Crippen LogP contribution in [0.15, 0.2) is 34.9 Å². The number of unbranched alkanes of at least 4 members (excludes halogenated alkanes) is 1. The van der Waals surface area contributed by atoms with Gasteiger partial charge in [-0.2, -0.15) is 0 Å². The second kappa shape index (κ2) is 9.04. The summed E-state index contributed by atoms with van der Waals surface area (Å²) >= 11 is 0. The fraction of sp³-hybridized carbons (Fsp3) is 0.571. The lowest BCUT2D eigenvalue weighted by Gasteiger charge is -2.22. The molecule has 1 unspecified atom stereocenters. The molecule has 1 saturated heterocycles. The summed E-state index contributed by atoms with van der Waals surface area (Å²) in [5.41, 5.74) is 2.42. The molecule has 25 heavy (non-hydrogen) atoms. The van der Waals surface area contributed by atoms with Crippen LogP contribution in [0, 0.1) is 0 Å². The zero-order chi connectivity index (χ0) is 17.5. The second-order valence-electron chi connectivity index (χ2n) is 6.94. The van der Waals surface area contributed by atoms with E-state index in [1.54, 1.807) is 0 Å². The van der Waals surface area contributed by atoms with E-state index in [0.29, 0.717) is 6.04 Å². The van der Waals surface area contributed by atoms with Gasteiger partial charge in [0, 0.05) is 19.0 Å². The maximum atomic E-state index is 5.75. The van der Waals surface area contributed by atoms with Gasteiger partial charge in [0.15, 0.2) is 0 Å². The molecule has 0 saturated carbocycles. The van der Waals surface area contributed by atoms with Crippen LogP contribution >= 0.6 is 0 Å². The maximum Gasteiger partial charge on any atom is 0.137 e. The molecule has 4 nitrogen and oxygen atoms in total. The lowest BCUT2D eigenvalue weighted by Crippen LogP contribution is -2.22. The van der Waals surface area contributed by atoms with E-state index in [9.17, 15) is 0 Å². The van der Waals surface area contributed by atoms with Gasteiger partial charge in [-0.05, 0) is 49.9 Å². The predicted octanol–water partition coefficient (Wildman–Crippen LogP) is 5.14. The highest BCUT2D eigenvalue weighted by Crippen LogP contribution is 2.33. The lowest BCUT2D eigenvalue weighted by atomic mass is 10.1. The minimum atomic E-state index is 0.384. The first-order valence-corrected chi connectivity index (χ1v) is 9.71. The van der Waals surface area contributed by atoms with Crippen LogP contribution in [0.1, 0.15) is 69.0 Å². The number of ether oxygens (including phenoxy) is 1. The molecule has 1 aliphatic heterocycles. The molecular formula is C21H30N2O2. The predicted molar refractivity (Wildman–Crippen MR) is 99.7 cm³/mol. The van der Waals surface area contributed by atoms with Crippen molar-refractivity contribution in [2.75, 3.05) is 13.2 Å². The van der Waals surface area contributed by atoms with E-state index in [2.05, 4.69) is 54.2 Å². The third kappa shape index (κ3) is 4.85. The van der Waals surface area contributed by atoms with Gasteiger partial charge in [-0.3, -0.25) is 4.90 Å². The van der Waals surface area contributed by atoms with Gasteiger partial charge in [-0.1, -0.05) is 37.6 Å². The van der Waals surface area contributed by atoms with Gasteiger partial charge < -0.3 is 9.26 Å². The highest BCUT2D eigenvalue weighted by Gasteiger charge is 2.28. The van der Waals surface area contributed by atoms with Crippen molar-refractivity contribution in [1.29, 1.82) is 0 Å². The minimum absolute atomic E-state index is 0.384. The van der Waals surface area contributed by atoms with Gasteiger partial charge in [0.2, 0.25) is 0 Å². The molecule has 0 aliphatic carbocycles. The Morgan fingerprint density at radius 3 is 2.80 bits per heavy atom. The first kappa shape index (κ1) is 18.0. The molecule has 3 rings (SSSR count). The van der Waals surface area contributed by atoms with Crippen LogP contribution in [0.5, 0.6) is 5.75 Å². The number of benzene rings is 1. The fourth-order valence-electron chi connectivity index (χ4n) is 3.46. The quantitative estimate of drug-likeness (QED) is 0.591. The largest absolute Gasteiger partial charge is 0.494 e. The van der Waals surface area contributed by atoms with Crippen molar-refractivity contribution in [1.82, 2.24) is 10.1 Å². The average Bonchev–Trinajstić information content (AvgIpc) is 3.26. The summed E-state index contributed by atoms with van der Waals surface area (Å²) in [7, 11) is 0. The molecule has 2 aromatic rings. The lowest BCUT2D eigenvalue weighted by molar-refractivity contribution is 0.236. The summed E-state index contributed by atoms with van der Waals surface area (Å²) in [5, 5.41) is 4.33. The molecule has 0 spiro atoms.